The van der Waals surface area contributed by atoms with E-state index in [0.717, 1.165) is 22.9 Å². The van der Waals surface area contributed by atoms with E-state index in [4.69, 9.17) is 4.98 Å². The van der Waals surface area contributed by atoms with Crippen LogP contribution in [-0.4, -0.2) is 34.2 Å². The van der Waals surface area contributed by atoms with Crippen LogP contribution in [0, 0.1) is 0 Å². The van der Waals surface area contributed by atoms with E-state index < -0.39 is 6.10 Å². The summed E-state index contributed by atoms with van der Waals surface area (Å²) < 4.78 is 0. The lowest BCUT2D eigenvalue weighted by Gasteiger charge is -2.32. The number of thioether (sulfide) groups is 1. The summed E-state index contributed by atoms with van der Waals surface area (Å²) in [5.74, 6) is 2.34. The van der Waals surface area contributed by atoms with Crippen molar-refractivity contribution in [2.45, 2.75) is 25.5 Å². The minimum atomic E-state index is -0.476. The minimum Gasteiger partial charge on any atom is -0.388 e. The van der Waals surface area contributed by atoms with E-state index in [9.17, 15) is 5.11 Å². The van der Waals surface area contributed by atoms with E-state index in [2.05, 4.69) is 17.2 Å². The molecule has 3 nitrogen and oxygen atoms in total. The molecule has 0 saturated carbocycles. The maximum atomic E-state index is 10.3. The molecule has 0 amide bonds. The SMILES string of the molecule is CC1CSCCN1c1nc(CC(O)c2ccccc2)cs1. The summed E-state index contributed by atoms with van der Waals surface area (Å²) in [5, 5.41) is 13.5. The molecule has 1 aromatic carbocycles. The second-order valence-electron chi connectivity index (χ2n) is 5.37. The van der Waals surface area contributed by atoms with E-state index in [0.29, 0.717) is 12.5 Å². The standard InChI is InChI=1S/C16H20N2OS2/c1-12-10-20-8-7-18(12)16-17-14(11-21-16)9-15(19)13-5-3-2-4-6-13/h2-6,11-12,15,19H,7-10H2,1H3. The van der Waals surface area contributed by atoms with Crippen molar-refractivity contribution >= 4 is 28.2 Å². The molecule has 1 N–H and O–H groups in total. The van der Waals surface area contributed by atoms with Crippen LogP contribution in [0.1, 0.15) is 24.3 Å². The number of thiazole rings is 1. The molecule has 112 valence electrons. The van der Waals surface area contributed by atoms with Crippen molar-refractivity contribution in [3.63, 3.8) is 0 Å². The van der Waals surface area contributed by atoms with E-state index in [1.807, 2.05) is 42.1 Å². The van der Waals surface area contributed by atoms with Gasteiger partial charge in [-0.15, -0.1) is 11.3 Å². The largest absolute Gasteiger partial charge is 0.388 e. The molecule has 2 unspecified atom stereocenters. The Balaban J connectivity index is 1.67. The molecule has 2 atom stereocenters. The van der Waals surface area contributed by atoms with Crippen LogP contribution in [0.25, 0.3) is 0 Å². The molecule has 1 aromatic heterocycles. The van der Waals surface area contributed by atoms with E-state index in [1.165, 1.54) is 11.5 Å². The highest BCUT2D eigenvalue weighted by molar-refractivity contribution is 7.99. The normalized spacial score (nSPS) is 20.5. The fourth-order valence-electron chi connectivity index (χ4n) is 2.52. The highest BCUT2D eigenvalue weighted by Crippen LogP contribution is 2.28. The zero-order valence-corrected chi connectivity index (χ0v) is 13.7. The maximum absolute atomic E-state index is 10.3. The van der Waals surface area contributed by atoms with Gasteiger partial charge >= 0.3 is 0 Å². The molecule has 2 aromatic rings. The Morgan fingerprint density at radius 1 is 1.38 bits per heavy atom. The van der Waals surface area contributed by atoms with Gasteiger partial charge in [0.15, 0.2) is 5.13 Å². The van der Waals surface area contributed by atoms with Crippen molar-refractivity contribution in [1.82, 2.24) is 4.98 Å². The third-order valence-corrected chi connectivity index (χ3v) is 5.86. The topological polar surface area (TPSA) is 36.4 Å². The van der Waals surface area contributed by atoms with Crippen molar-refractivity contribution in [2.75, 3.05) is 23.0 Å². The van der Waals surface area contributed by atoms with Gasteiger partial charge in [0.2, 0.25) is 0 Å². The summed E-state index contributed by atoms with van der Waals surface area (Å²) in [6.07, 6.45) is 0.104. The first-order chi connectivity index (χ1) is 10.2. The van der Waals surface area contributed by atoms with Crippen molar-refractivity contribution in [3.8, 4) is 0 Å². The van der Waals surface area contributed by atoms with Gasteiger partial charge in [-0.05, 0) is 12.5 Å². The monoisotopic (exact) mass is 320 g/mol. The number of aliphatic hydroxyl groups excluding tert-OH is 1. The summed E-state index contributed by atoms with van der Waals surface area (Å²) >= 11 is 3.70. The average Bonchev–Trinajstić information content (AvgIpc) is 2.97. The van der Waals surface area contributed by atoms with Crippen molar-refractivity contribution in [2.24, 2.45) is 0 Å². The average molecular weight is 320 g/mol. The Labute approximate surface area is 134 Å². The lowest BCUT2D eigenvalue weighted by Crippen LogP contribution is -2.40. The van der Waals surface area contributed by atoms with Crippen LogP contribution >= 0.6 is 23.1 Å². The van der Waals surface area contributed by atoms with Crippen molar-refractivity contribution in [1.29, 1.82) is 0 Å². The van der Waals surface area contributed by atoms with E-state index in [-0.39, 0.29) is 0 Å². The van der Waals surface area contributed by atoms with Crippen molar-refractivity contribution in [3.05, 3.63) is 47.0 Å². The molecule has 1 fully saturated rings. The molecule has 0 spiro atoms. The second-order valence-corrected chi connectivity index (χ2v) is 7.36. The van der Waals surface area contributed by atoms with E-state index >= 15 is 0 Å². The van der Waals surface area contributed by atoms with Gasteiger partial charge in [-0.2, -0.15) is 11.8 Å². The summed E-state index contributed by atoms with van der Waals surface area (Å²) in [7, 11) is 0. The predicted molar refractivity (Wildman–Crippen MR) is 91.4 cm³/mol. The van der Waals surface area contributed by atoms with Crippen LogP contribution in [0.2, 0.25) is 0 Å². The van der Waals surface area contributed by atoms with Gasteiger partial charge in [0.1, 0.15) is 0 Å². The number of hydrogen-bond donors (Lipinski definition) is 1. The van der Waals surface area contributed by atoms with Gasteiger partial charge in [-0.1, -0.05) is 30.3 Å². The molecule has 5 heteroatoms. The number of hydrogen-bond acceptors (Lipinski definition) is 5. The van der Waals surface area contributed by atoms with Gasteiger partial charge in [-0.25, -0.2) is 4.98 Å². The zero-order valence-electron chi connectivity index (χ0n) is 12.1. The second kappa shape index (κ2) is 6.81. The first kappa shape index (κ1) is 14.9. The molecule has 3 rings (SSSR count). The number of nitrogens with zero attached hydrogens (tertiary/aromatic N) is 2. The number of benzene rings is 1. The quantitative estimate of drug-likeness (QED) is 0.937. The molecule has 21 heavy (non-hydrogen) atoms. The fourth-order valence-corrected chi connectivity index (χ4v) is 4.50. The zero-order chi connectivity index (χ0) is 14.7. The third-order valence-electron chi connectivity index (χ3n) is 3.74. The molecular weight excluding hydrogens is 300 g/mol. The smallest absolute Gasteiger partial charge is 0.185 e. The predicted octanol–water partition coefficient (Wildman–Crippen LogP) is 3.36. The summed E-state index contributed by atoms with van der Waals surface area (Å²) in [6, 6.07) is 10.3. The van der Waals surface area contributed by atoms with Crippen LogP contribution in [0.3, 0.4) is 0 Å². The van der Waals surface area contributed by atoms with E-state index in [1.54, 1.807) is 11.3 Å². The highest BCUT2D eigenvalue weighted by atomic mass is 32.2. The molecule has 1 aliphatic heterocycles. The van der Waals surface area contributed by atoms with Crippen LogP contribution in [0.4, 0.5) is 5.13 Å². The highest BCUT2D eigenvalue weighted by Gasteiger charge is 2.22. The van der Waals surface area contributed by atoms with Gasteiger partial charge < -0.3 is 10.0 Å². The van der Waals surface area contributed by atoms with Crippen molar-refractivity contribution < 1.29 is 5.11 Å². The molecule has 0 bridgehead atoms. The van der Waals surface area contributed by atoms with Crippen LogP contribution in [-0.2, 0) is 6.42 Å². The van der Waals surface area contributed by atoms with Gasteiger partial charge in [-0.3, -0.25) is 0 Å². The molecule has 1 saturated heterocycles. The molecule has 0 aliphatic carbocycles. The number of aliphatic hydroxyl groups is 1. The summed E-state index contributed by atoms with van der Waals surface area (Å²) in [5.41, 5.74) is 1.94. The van der Waals surface area contributed by atoms with Crippen LogP contribution in [0.15, 0.2) is 35.7 Å². The van der Waals surface area contributed by atoms with Crippen LogP contribution in [0.5, 0.6) is 0 Å². The maximum Gasteiger partial charge on any atom is 0.185 e. The molecule has 0 radical (unpaired) electrons. The Kier molecular flexibility index (Phi) is 4.83. The fraction of sp³-hybridized carbons (Fsp3) is 0.438. The van der Waals surface area contributed by atoms with Crippen LogP contribution < -0.4 is 4.90 Å². The third kappa shape index (κ3) is 3.59. The van der Waals surface area contributed by atoms with Gasteiger partial charge in [0.25, 0.3) is 0 Å². The summed E-state index contributed by atoms with van der Waals surface area (Å²) in [6.45, 7) is 3.33. The Bertz CT molecular complexity index is 573. The number of anilines is 1. The number of rotatable bonds is 4. The first-order valence-corrected chi connectivity index (χ1v) is 9.29. The lowest BCUT2D eigenvalue weighted by molar-refractivity contribution is 0.177. The Hall–Kier alpha value is -1.04. The lowest BCUT2D eigenvalue weighted by atomic mass is 10.1. The number of aromatic nitrogens is 1. The molecule has 1 aliphatic rings. The van der Waals surface area contributed by atoms with Gasteiger partial charge in [0.05, 0.1) is 11.8 Å². The first-order valence-electron chi connectivity index (χ1n) is 7.26. The minimum absolute atomic E-state index is 0.476. The molecular formula is C16H20N2OS2. The van der Waals surface area contributed by atoms with Gasteiger partial charge in [0, 0.05) is 35.9 Å². The molecule has 2 heterocycles. The Morgan fingerprint density at radius 2 is 2.19 bits per heavy atom. The summed E-state index contributed by atoms with van der Waals surface area (Å²) in [4.78, 5) is 7.11. The Morgan fingerprint density at radius 3 is 2.95 bits per heavy atom.